The van der Waals surface area contributed by atoms with Gasteiger partial charge in [-0.05, 0) is 37.1 Å². The summed E-state index contributed by atoms with van der Waals surface area (Å²) in [6.45, 7) is 1.94. The summed E-state index contributed by atoms with van der Waals surface area (Å²) in [5.41, 5.74) is 1.71. The minimum Gasteiger partial charge on any atom is -0.381 e. The lowest BCUT2D eigenvalue weighted by Crippen LogP contribution is -2.36. The number of anilines is 2. The number of methoxy groups -OCH3 is 1. The molecule has 2 rings (SSSR count). The topological polar surface area (TPSA) is 58.6 Å². The molecule has 106 valence electrons. The van der Waals surface area contributed by atoms with Crippen LogP contribution in [-0.4, -0.2) is 41.0 Å². The van der Waals surface area contributed by atoms with Gasteiger partial charge in [-0.15, -0.1) is 0 Å². The zero-order valence-electron chi connectivity index (χ0n) is 11.3. The first-order chi connectivity index (χ1) is 8.98. The first-order valence-corrected chi connectivity index (χ1v) is 8.22. The number of sulfonamides is 1. The van der Waals surface area contributed by atoms with Crippen LogP contribution < -0.4 is 9.62 Å². The van der Waals surface area contributed by atoms with Gasteiger partial charge in [-0.1, -0.05) is 0 Å². The molecule has 0 aromatic heterocycles. The third kappa shape index (κ3) is 4.11. The van der Waals surface area contributed by atoms with E-state index < -0.39 is 10.0 Å². The van der Waals surface area contributed by atoms with E-state index in [0.717, 1.165) is 37.9 Å². The maximum absolute atomic E-state index is 11.1. The van der Waals surface area contributed by atoms with Gasteiger partial charge < -0.3 is 9.64 Å². The summed E-state index contributed by atoms with van der Waals surface area (Å²) in [4.78, 5) is 2.29. The Bertz CT molecular complexity index is 505. The summed E-state index contributed by atoms with van der Waals surface area (Å²) < 4.78 is 30.0. The Labute approximate surface area is 114 Å². The highest BCUT2D eigenvalue weighted by atomic mass is 32.2. The highest BCUT2D eigenvalue weighted by Crippen LogP contribution is 2.23. The summed E-state index contributed by atoms with van der Waals surface area (Å²) >= 11 is 0. The van der Waals surface area contributed by atoms with Gasteiger partial charge in [-0.25, -0.2) is 8.42 Å². The van der Waals surface area contributed by atoms with Crippen molar-refractivity contribution in [2.24, 2.45) is 0 Å². The molecule has 0 spiro atoms. The standard InChI is InChI=1S/C13H20N2O3S/c1-18-13-7-9-15(10-8-13)12-5-3-11(4-6-12)14-19(2,16)17/h3-6,13-14H,7-10H2,1-2H3. The average Bonchev–Trinajstić information content (AvgIpc) is 2.38. The average molecular weight is 284 g/mol. The Kier molecular flexibility index (Phi) is 4.31. The Morgan fingerprint density at radius 3 is 2.26 bits per heavy atom. The second kappa shape index (κ2) is 5.79. The van der Waals surface area contributed by atoms with E-state index in [1.54, 1.807) is 19.2 Å². The van der Waals surface area contributed by atoms with Crippen LogP contribution in [0.25, 0.3) is 0 Å². The molecule has 0 radical (unpaired) electrons. The molecule has 1 aliphatic heterocycles. The summed E-state index contributed by atoms with van der Waals surface area (Å²) in [5.74, 6) is 0. The quantitative estimate of drug-likeness (QED) is 0.914. The van der Waals surface area contributed by atoms with E-state index in [1.807, 2.05) is 12.1 Å². The molecule has 0 unspecified atom stereocenters. The van der Waals surface area contributed by atoms with Crippen molar-refractivity contribution in [3.05, 3.63) is 24.3 Å². The number of rotatable bonds is 4. The zero-order chi connectivity index (χ0) is 13.9. The Balaban J connectivity index is 1.99. The summed E-state index contributed by atoms with van der Waals surface area (Å²) in [6.07, 6.45) is 3.57. The normalized spacial score (nSPS) is 17.5. The molecule has 5 nitrogen and oxygen atoms in total. The maximum atomic E-state index is 11.1. The van der Waals surface area contributed by atoms with Crippen molar-refractivity contribution >= 4 is 21.4 Å². The lowest BCUT2D eigenvalue weighted by atomic mass is 10.1. The molecule has 1 N–H and O–H groups in total. The fraction of sp³-hybridized carbons (Fsp3) is 0.538. The lowest BCUT2D eigenvalue weighted by molar-refractivity contribution is 0.0819. The molecule has 1 fully saturated rings. The summed E-state index contributed by atoms with van der Waals surface area (Å²) in [6, 6.07) is 7.47. The fourth-order valence-electron chi connectivity index (χ4n) is 2.30. The van der Waals surface area contributed by atoms with E-state index >= 15 is 0 Å². The Hall–Kier alpha value is -1.27. The molecule has 1 aromatic carbocycles. The van der Waals surface area contributed by atoms with E-state index in [4.69, 9.17) is 4.74 Å². The molecular weight excluding hydrogens is 264 g/mol. The highest BCUT2D eigenvalue weighted by Gasteiger charge is 2.18. The minimum atomic E-state index is -3.21. The molecule has 0 aliphatic carbocycles. The first kappa shape index (κ1) is 14.1. The van der Waals surface area contributed by atoms with Gasteiger partial charge in [0, 0.05) is 31.6 Å². The van der Waals surface area contributed by atoms with Crippen molar-refractivity contribution in [1.82, 2.24) is 0 Å². The fourth-order valence-corrected chi connectivity index (χ4v) is 2.87. The number of hydrogen-bond donors (Lipinski definition) is 1. The first-order valence-electron chi connectivity index (χ1n) is 6.33. The van der Waals surface area contributed by atoms with Crippen LogP contribution in [-0.2, 0) is 14.8 Å². The molecule has 1 saturated heterocycles. The van der Waals surface area contributed by atoms with Gasteiger partial charge in [0.1, 0.15) is 0 Å². The van der Waals surface area contributed by atoms with Crippen molar-refractivity contribution in [3.63, 3.8) is 0 Å². The van der Waals surface area contributed by atoms with Crippen LogP contribution in [0.1, 0.15) is 12.8 Å². The molecule has 1 heterocycles. The third-order valence-electron chi connectivity index (χ3n) is 3.31. The Morgan fingerprint density at radius 1 is 1.21 bits per heavy atom. The second-order valence-electron chi connectivity index (χ2n) is 4.84. The number of piperidine rings is 1. The van der Waals surface area contributed by atoms with E-state index in [9.17, 15) is 8.42 Å². The van der Waals surface area contributed by atoms with Crippen LogP contribution in [0.2, 0.25) is 0 Å². The number of hydrogen-bond acceptors (Lipinski definition) is 4. The van der Waals surface area contributed by atoms with E-state index in [1.165, 1.54) is 0 Å². The second-order valence-corrected chi connectivity index (χ2v) is 6.59. The van der Waals surface area contributed by atoms with Gasteiger partial charge in [0.15, 0.2) is 0 Å². The zero-order valence-corrected chi connectivity index (χ0v) is 12.1. The maximum Gasteiger partial charge on any atom is 0.229 e. The van der Waals surface area contributed by atoms with Gasteiger partial charge in [-0.3, -0.25) is 4.72 Å². The molecule has 19 heavy (non-hydrogen) atoms. The van der Waals surface area contributed by atoms with Crippen LogP contribution in [0, 0.1) is 0 Å². The molecule has 1 aromatic rings. The predicted octanol–water partition coefficient (Wildman–Crippen LogP) is 1.67. The molecule has 0 saturated carbocycles. The highest BCUT2D eigenvalue weighted by molar-refractivity contribution is 7.92. The van der Waals surface area contributed by atoms with Gasteiger partial charge >= 0.3 is 0 Å². The molecule has 1 aliphatic rings. The van der Waals surface area contributed by atoms with Crippen molar-refractivity contribution in [3.8, 4) is 0 Å². The molecule has 0 atom stereocenters. The third-order valence-corrected chi connectivity index (χ3v) is 3.92. The SMILES string of the molecule is COC1CCN(c2ccc(NS(C)(=O)=O)cc2)CC1. The van der Waals surface area contributed by atoms with Crippen molar-refractivity contribution < 1.29 is 13.2 Å². The monoisotopic (exact) mass is 284 g/mol. The summed E-state index contributed by atoms with van der Waals surface area (Å²) in [5, 5.41) is 0. The summed E-state index contributed by atoms with van der Waals surface area (Å²) in [7, 11) is -1.45. The van der Waals surface area contributed by atoms with Crippen LogP contribution in [0.3, 0.4) is 0 Å². The van der Waals surface area contributed by atoms with Crippen molar-refractivity contribution in [2.75, 3.05) is 36.1 Å². The number of nitrogens with zero attached hydrogens (tertiary/aromatic N) is 1. The van der Waals surface area contributed by atoms with Crippen LogP contribution >= 0.6 is 0 Å². The Morgan fingerprint density at radius 2 is 1.79 bits per heavy atom. The predicted molar refractivity (Wildman–Crippen MR) is 77.2 cm³/mol. The van der Waals surface area contributed by atoms with E-state index in [0.29, 0.717) is 11.8 Å². The smallest absolute Gasteiger partial charge is 0.229 e. The van der Waals surface area contributed by atoms with Crippen LogP contribution in [0.4, 0.5) is 11.4 Å². The molecular formula is C13H20N2O3S. The molecule has 0 bridgehead atoms. The van der Waals surface area contributed by atoms with Gasteiger partial charge in [-0.2, -0.15) is 0 Å². The van der Waals surface area contributed by atoms with Gasteiger partial charge in [0.05, 0.1) is 12.4 Å². The minimum absolute atomic E-state index is 0.363. The number of ether oxygens (including phenoxy) is 1. The van der Waals surface area contributed by atoms with Crippen LogP contribution in [0.15, 0.2) is 24.3 Å². The molecule has 6 heteroatoms. The van der Waals surface area contributed by atoms with Gasteiger partial charge in [0.25, 0.3) is 0 Å². The van der Waals surface area contributed by atoms with Crippen molar-refractivity contribution in [2.45, 2.75) is 18.9 Å². The number of benzene rings is 1. The van der Waals surface area contributed by atoms with Gasteiger partial charge in [0.2, 0.25) is 10.0 Å². The van der Waals surface area contributed by atoms with E-state index in [2.05, 4.69) is 9.62 Å². The lowest BCUT2D eigenvalue weighted by Gasteiger charge is -2.33. The number of nitrogens with one attached hydrogen (secondary N) is 1. The van der Waals surface area contributed by atoms with Crippen molar-refractivity contribution in [1.29, 1.82) is 0 Å². The molecule has 0 amide bonds. The van der Waals surface area contributed by atoms with E-state index in [-0.39, 0.29) is 0 Å². The largest absolute Gasteiger partial charge is 0.381 e. The van der Waals surface area contributed by atoms with Crippen LogP contribution in [0.5, 0.6) is 0 Å².